The standard InChI is InChI=1S/C15H20N2O2/c1-11-7-6-8-12(9-11)13(10-16)17(5)14(18)19-15(2,3)4/h6-9,13H,1-5H3. The largest absolute Gasteiger partial charge is 0.444 e. The second-order valence-corrected chi connectivity index (χ2v) is 5.54. The average molecular weight is 260 g/mol. The summed E-state index contributed by atoms with van der Waals surface area (Å²) < 4.78 is 5.27. The Labute approximate surface area is 114 Å². The van der Waals surface area contributed by atoms with Crippen molar-refractivity contribution in [3.05, 3.63) is 35.4 Å². The number of benzene rings is 1. The minimum absolute atomic E-state index is 0.499. The van der Waals surface area contributed by atoms with E-state index in [-0.39, 0.29) is 0 Å². The molecule has 1 rings (SSSR count). The van der Waals surface area contributed by atoms with Crippen molar-refractivity contribution in [3.8, 4) is 6.07 Å². The molecular formula is C15H20N2O2. The molecule has 0 aliphatic heterocycles. The van der Waals surface area contributed by atoms with E-state index >= 15 is 0 Å². The van der Waals surface area contributed by atoms with E-state index in [2.05, 4.69) is 6.07 Å². The zero-order valence-corrected chi connectivity index (χ0v) is 12.1. The van der Waals surface area contributed by atoms with E-state index in [0.29, 0.717) is 0 Å². The van der Waals surface area contributed by atoms with Crippen molar-refractivity contribution in [1.82, 2.24) is 4.90 Å². The molecule has 0 aliphatic rings. The second-order valence-electron chi connectivity index (χ2n) is 5.54. The number of hydrogen-bond acceptors (Lipinski definition) is 3. The molecule has 0 spiro atoms. The molecule has 0 heterocycles. The van der Waals surface area contributed by atoms with Gasteiger partial charge in [0.15, 0.2) is 0 Å². The van der Waals surface area contributed by atoms with E-state index in [9.17, 15) is 10.1 Å². The summed E-state index contributed by atoms with van der Waals surface area (Å²) in [5.74, 6) is 0. The predicted octanol–water partition coefficient (Wildman–Crippen LogP) is 3.43. The Balaban J connectivity index is 2.92. The number of nitrogens with zero attached hydrogens (tertiary/aromatic N) is 2. The van der Waals surface area contributed by atoms with Crippen LogP contribution in [0.25, 0.3) is 0 Å². The molecule has 19 heavy (non-hydrogen) atoms. The Hall–Kier alpha value is -2.02. The monoisotopic (exact) mass is 260 g/mol. The third kappa shape index (κ3) is 4.29. The molecule has 0 saturated carbocycles. The van der Waals surface area contributed by atoms with Gasteiger partial charge in [0.1, 0.15) is 11.6 Å². The van der Waals surface area contributed by atoms with Crippen LogP contribution in [0.4, 0.5) is 4.79 Å². The fourth-order valence-electron chi connectivity index (χ4n) is 1.66. The van der Waals surface area contributed by atoms with Crippen molar-refractivity contribution in [2.75, 3.05) is 7.05 Å². The first-order chi connectivity index (χ1) is 8.74. The van der Waals surface area contributed by atoms with E-state index in [1.54, 1.807) is 27.8 Å². The Kier molecular flexibility index (Phi) is 4.55. The summed E-state index contributed by atoms with van der Waals surface area (Å²) in [7, 11) is 1.57. The topological polar surface area (TPSA) is 53.3 Å². The van der Waals surface area contributed by atoms with Gasteiger partial charge in [-0.25, -0.2) is 4.79 Å². The second kappa shape index (κ2) is 5.75. The van der Waals surface area contributed by atoms with Crippen LogP contribution in [0, 0.1) is 18.3 Å². The number of nitriles is 1. The number of aryl methyl sites for hydroxylation is 1. The molecule has 0 N–H and O–H groups in total. The van der Waals surface area contributed by atoms with Gasteiger partial charge in [-0.3, -0.25) is 4.90 Å². The van der Waals surface area contributed by atoms with Crippen LogP contribution in [-0.2, 0) is 4.74 Å². The van der Waals surface area contributed by atoms with Gasteiger partial charge in [0.25, 0.3) is 0 Å². The normalized spacial score (nSPS) is 12.4. The molecule has 0 bridgehead atoms. The van der Waals surface area contributed by atoms with Crippen molar-refractivity contribution in [1.29, 1.82) is 5.26 Å². The summed E-state index contributed by atoms with van der Waals surface area (Å²) in [5.41, 5.74) is 1.27. The third-order valence-electron chi connectivity index (χ3n) is 2.55. The van der Waals surface area contributed by atoms with Crippen LogP contribution in [0.3, 0.4) is 0 Å². The summed E-state index contributed by atoms with van der Waals surface area (Å²) in [5, 5.41) is 9.29. The van der Waals surface area contributed by atoms with Crippen LogP contribution >= 0.6 is 0 Å². The van der Waals surface area contributed by atoms with Crippen LogP contribution in [0.5, 0.6) is 0 Å². The van der Waals surface area contributed by atoms with E-state index in [4.69, 9.17) is 4.74 Å². The Morgan fingerprint density at radius 1 is 1.42 bits per heavy atom. The lowest BCUT2D eigenvalue weighted by Gasteiger charge is -2.27. The molecule has 4 nitrogen and oxygen atoms in total. The average Bonchev–Trinajstić information content (AvgIpc) is 2.27. The maximum Gasteiger partial charge on any atom is 0.411 e. The van der Waals surface area contributed by atoms with Gasteiger partial charge in [0.2, 0.25) is 0 Å². The highest BCUT2D eigenvalue weighted by atomic mass is 16.6. The molecule has 0 saturated heterocycles. The molecule has 1 atom stereocenters. The fourth-order valence-corrected chi connectivity index (χ4v) is 1.66. The highest BCUT2D eigenvalue weighted by Crippen LogP contribution is 2.21. The van der Waals surface area contributed by atoms with Crippen LogP contribution in [0.1, 0.15) is 37.9 Å². The highest BCUT2D eigenvalue weighted by molar-refractivity contribution is 5.69. The Morgan fingerprint density at radius 2 is 2.05 bits per heavy atom. The number of ether oxygens (including phenoxy) is 1. The van der Waals surface area contributed by atoms with Gasteiger partial charge in [-0.15, -0.1) is 0 Å². The van der Waals surface area contributed by atoms with E-state index in [1.165, 1.54) is 4.90 Å². The van der Waals surface area contributed by atoms with E-state index in [0.717, 1.165) is 11.1 Å². The van der Waals surface area contributed by atoms with E-state index < -0.39 is 17.7 Å². The van der Waals surface area contributed by atoms with Gasteiger partial charge >= 0.3 is 6.09 Å². The van der Waals surface area contributed by atoms with Crippen LogP contribution in [0.2, 0.25) is 0 Å². The van der Waals surface area contributed by atoms with Crippen molar-refractivity contribution in [3.63, 3.8) is 0 Å². The summed E-state index contributed by atoms with van der Waals surface area (Å²) in [6.45, 7) is 7.35. The third-order valence-corrected chi connectivity index (χ3v) is 2.55. The van der Waals surface area contributed by atoms with Crippen molar-refractivity contribution < 1.29 is 9.53 Å². The maximum absolute atomic E-state index is 12.0. The molecule has 1 aromatic carbocycles. The lowest BCUT2D eigenvalue weighted by atomic mass is 10.0. The number of amides is 1. The Morgan fingerprint density at radius 3 is 2.53 bits per heavy atom. The molecule has 0 fully saturated rings. The number of hydrogen-bond donors (Lipinski definition) is 0. The van der Waals surface area contributed by atoms with Crippen molar-refractivity contribution in [2.24, 2.45) is 0 Å². The van der Waals surface area contributed by atoms with Crippen LogP contribution in [-0.4, -0.2) is 23.6 Å². The maximum atomic E-state index is 12.0. The van der Waals surface area contributed by atoms with Crippen molar-refractivity contribution >= 4 is 6.09 Å². The van der Waals surface area contributed by atoms with Crippen LogP contribution in [0.15, 0.2) is 24.3 Å². The fraction of sp³-hybridized carbons (Fsp3) is 0.467. The smallest absolute Gasteiger partial charge is 0.411 e. The first-order valence-corrected chi connectivity index (χ1v) is 6.16. The molecule has 1 unspecified atom stereocenters. The first kappa shape index (κ1) is 15.0. The minimum Gasteiger partial charge on any atom is -0.444 e. The van der Waals surface area contributed by atoms with Gasteiger partial charge in [0, 0.05) is 7.05 Å². The molecule has 0 aliphatic carbocycles. The highest BCUT2D eigenvalue weighted by Gasteiger charge is 2.26. The molecule has 0 radical (unpaired) electrons. The van der Waals surface area contributed by atoms with Gasteiger partial charge < -0.3 is 4.74 Å². The number of carbonyl (C=O) groups is 1. The molecule has 0 aromatic heterocycles. The lowest BCUT2D eigenvalue weighted by molar-refractivity contribution is 0.0258. The zero-order valence-electron chi connectivity index (χ0n) is 12.1. The number of rotatable bonds is 2. The summed E-state index contributed by atoms with van der Waals surface area (Å²) in [4.78, 5) is 13.3. The summed E-state index contributed by atoms with van der Waals surface area (Å²) in [6.07, 6.45) is -0.499. The summed E-state index contributed by atoms with van der Waals surface area (Å²) >= 11 is 0. The van der Waals surface area contributed by atoms with Gasteiger partial charge in [-0.05, 0) is 33.3 Å². The SMILES string of the molecule is Cc1cccc(C(C#N)N(C)C(=O)OC(C)(C)C)c1. The quantitative estimate of drug-likeness (QED) is 0.818. The molecule has 4 heteroatoms. The minimum atomic E-state index is -0.644. The zero-order chi connectivity index (χ0) is 14.6. The van der Waals surface area contributed by atoms with E-state index in [1.807, 2.05) is 31.2 Å². The lowest BCUT2D eigenvalue weighted by Crippen LogP contribution is -2.36. The van der Waals surface area contributed by atoms with Gasteiger partial charge in [-0.1, -0.05) is 29.8 Å². The van der Waals surface area contributed by atoms with Crippen LogP contribution < -0.4 is 0 Å². The molecule has 1 aromatic rings. The molecule has 1 amide bonds. The molecule has 102 valence electrons. The number of carbonyl (C=O) groups excluding carboxylic acids is 1. The predicted molar refractivity (Wildman–Crippen MR) is 73.5 cm³/mol. The van der Waals surface area contributed by atoms with Crippen molar-refractivity contribution in [2.45, 2.75) is 39.3 Å². The molecular weight excluding hydrogens is 240 g/mol. The van der Waals surface area contributed by atoms with Gasteiger partial charge in [0.05, 0.1) is 6.07 Å². The first-order valence-electron chi connectivity index (χ1n) is 6.16. The van der Waals surface area contributed by atoms with Gasteiger partial charge in [-0.2, -0.15) is 5.26 Å². The summed E-state index contributed by atoms with van der Waals surface area (Å²) in [6, 6.07) is 9.05. The Bertz CT molecular complexity index is 498.